The van der Waals surface area contributed by atoms with Gasteiger partial charge in [-0.05, 0) is 63.3 Å². The number of benzene rings is 1. The molecule has 1 saturated heterocycles. The molecule has 170 valence electrons. The average Bonchev–Trinajstić information content (AvgIpc) is 2.74. The smallest absolute Gasteiger partial charge is 0.408 e. The Morgan fingerprint density at radius 3 is 2.52 bits per heavy atom. The highest BCUT2D eigenvalue weighted by Crippen LogP contribution is 2.18. The zero-order chi connectivity index (χ0) is 22.9. The third kappa shape index (κ3) is 9.11. The van der Waals surface area contributed by atoms with Gasteiger partial charge >= 0.3 is 6.09 Å². The Balaban J connectivity index is 1.67. The van der Waals surface area contributed by atoms with Crippen molar-refractivity contribution in [2.24, 2.45) is 5.92 Å². The molecule has 8 heteroatoms. The number of hydrogen-bond donors (Lipinski definition) is 2. The summed E-state index contributed by atoms with van der Waals surface area (Å²) in [6.07, 6.45) is 4.39. The SMILES string of the molecule is COc1cccc(/C=C/C(=O)N2CCC(CNC(=O)CNC(=O)OC(C)(C)C)CC2)c1. The van der Waals surface area contributed by atoms with Crippen LogP contribution in [0.15, 0.2) is 30.3 Å². The number of likely N-dealkylation sites (tertiary alicyclic amines) is 1. The number of methoxy groups -OCH3 is 1. The van der Waals surface area contributed by atoms with Gasteiger partial charge in [0, 0.05) is 25.7 Å². The van der Waals surface area contributed by atoms with E-state index in [1.807, 2.05) is 29.2 Å². The summed E-state index contributed by atoms with van der Waals surface area (Å²) in [5, 5.41) is 5.28. The first-order valence-electron chi connectivity index (χ1n) is 10.5. The molecule has 0 aliphatic carbocycles. The van der Waals surface area contributed by atoms with Crippen LogP contribution in [0.25, 0.3) is 6.08 Å². The first kappa shape index (κ1) is 24.2. The molecule has 2 rings (SSSR count). The third-order valence-corrected chi connectivity index (χ3v) is 4.82. The molecule has 1 aromatic rings. The molecule has 0 aromatic heterocycles. The van der Waals surface area contributed by atoms with Gasteiger partial charge < -0.3 is 25.0 Å². The van der Waals surface area contributed by atoms with Crippen molar-refractivity contribution in [3.8, 4) is 5.75 Å². The highest BCUT2D eigenvalue weighted by Gasteiger charge is 2.22. The minimum atomic E-state index is -0.614. The van der Waals surface area contributed by atoms with Gasteiger partial charge in [-0.1, -0.05) is 12.1 Å². The Hall–Kier alpha value is -3.03. The Morgan fingerprint density at radius 1 is 1.16 bits per heavy atom. The van der Waals surface area contributed by atoms with Crippen molar-refractivity contribution in [3.63, 3.8) is 0 Å². The van der Waals surface area contributed by atoms with E-state index >= 15 is 0 Å². The van der Waals surface area contributed by atoms with Crippen LogP contribution in [0.3, 0.4) is 0 Å². The highest BCUT2D eigenvalue weighted by atomic mass is 16.6. The van der Waals surface area contributed by atoms with E-state index in [1.54, 1.807) is 40.0 Å². The number of carbonyl (C=O) groups is 3. The number of nitrogens with one attached hydrogen (secondary N) is 2. The summed E-state index contributed by atoms with van der Waals surface area (Å²) >= 11 is 0. The van der Waals surface area contributed by atoms with Crippen LogP contribution in [-0.4, -0.2) is 61.7 Å². The normalized spacial score (nSPS) is 14.9. The van der Waals surface area contributed by atoms with Gasteiger partial charge in [-0.25, -0.2) is 4.79 Å². The van der Waals surface area contributed by atoms with Gasteiger partial charge in [-0.2, -0.15) is 0 Å². The molecular weight excluding hydrogens is 398 g/mol. The van der Waals surface area contributed by atoms with Crippen molar-refractivity contribution in [2.45, 2.75) is 39.2 Å². The van der Waals surface area contributed by atoms with E-state index in [1.165, 1.54) is 0 Å². The molecule has 1 aliphatic rings. The van der Waals surface area contributed by atoms with E-state index in [2.05, 4.69) is 10.6 Å². The van der Waals surface area contributed by atoms with E-state index in [4.69, 9.17) is 9.47 Å². The fourth-order valence-corrected chi connectivity index (χ4v) is 3.16. The summed E-state index contributed by atoms with van der Waals surface area (Å²) in [5.41, 5.74) is 0.306. The van der Waals surface area contributed by atoms with Crippen molar-refractivity contribution < 1.29 is 23.9 Å². The first-order chi connectivity index (χ1) is 14.7. The Morgan fingerprint density at radius 2 is 1.87 bits per heavy atom. The minimum absolute atomic E-state index is 0.0214. The monoisotopic (exact) mass is 431 g/mol. The van der Waals surface area contributed by atoms with Crippen LogP contribution in [0.2, 0.25) is 0 Å². The maximum atomic E-state index is 12.4. The fraction of sp³-hybridized carbons (Fsp3) is 0.522. The average molecular weight is 432 g/mol. The molecule has 0 saturated carbocycles. The number of hydrogen-bond acceptors (Lipinski definition) is 5. The molecule has 1 aliphatic heterocycles. The van der Waals surface area contributed by atoms with Crippen LogP contribution >= 0.6 is 0 Å². The lowest BCUT2D eigenvalue weighted by atomic mass is 9.96. The highest BCUT2D eigenvalue weighted by molar-refractivity contribution is 5.91. The predicted octanol–water partition coefficient (Wildman–Crippen LogP) is 2.59. The van der Waals surface area contributed by atoms with Gasteiger partial charge in [0.25, 0.3) is 0 Å². The number of ether oxygens (including phenoxy) is 2. The van der Waals surface area contributed by atoms with Gasteiger partial charge in [0.2, 0.25) is 11.8 Å². The Labute approximate surface area is 184 Å². The van der Waals surface area contributed by atoms with Crippen molar-refractivity contribution in [1.29, 1.82) is 0 Å². The second kappa shape index (κ2) is 11.4. The van der Waals surface area contributed by atoms with Crippen LogP contribution in [0, 0.1) is 5.92 Å². The summed E-state index contributed by atoms with van der Waals surface area (Å²) in [7, 11) is 1.61. The minimum Gasteiger partial charge on any atom is -0.497 e. The molecule has 2 N–H and O–H groups in total. The molecule has 1 fully saturated rings. The molecule has 1 aromatic carbocycles. The van der Waals surface area contributed by atoms with Gasteiger partial charge in [-0.15, -0.1) is 0 Å². The van der Waals surface area contributed by atoms with Crippen molar-refractivity contribution in [3.05, 3.63) is 35.9 Å². The molecule has 0 atom stereocenters. The molecule has 0 radical (unpaired) electrons. The van der Waals surface area contributed by atoms with Crippen LogP contribution in [-0.2, 0) is 14.3 Å². The number of alkyl carbamates (subject to hydrolysis) is 1. The summed E-state index contributed by atoms with van der Waals surface area (Å²) in [4.78, 5) is 37.8. The second-order valence-electron chi connectivity index (χ2n) is 8.54. The first-order valence-corrected chi connectivity index (χ1v) is 10.5. The molecule has 1 heterocycles. The van der Waals surface area contributed by atoms with E-state index in [0.717, 1.165) is 24.2 Å². The quantitative estimate of drug-likeness (QED) is 0.647. The Bertz CT molecular complexity index is 793. The lowest BCUT2D eigenvalue weighted by Gasteiger charge is -2.31. The van der Waals surface area contributed by atoms with E-state index in [0.29, 0.717) is 25.6 Å². The van der Waals surface area contributed by atoms with Crippen LogP contribution in [0.1, 0.15) is 39.2 Å². The largest absolute Gasteiger partial charge is 0.497 e. The maximum Gasteiger partial charge on any atom is 0.408 e. The molecule has 8 nitrogen and oxygen atoms in total. The number of amides is 3. The molecule has 0 spiro atoms. The van der Waals surface area contributed by atoms with E-state index in [-0.39, 0.29) is 18.4 Å². The summed E-state index contributed by atoms with van der Waals surface area (Å²) in [5.74, 6) is 0.771. The number of piperidine rings is 1. The lowest BCUT2D eigenvalue weighted by Crippen LogP contribution is -2.43. The number of carbonyl (C=O) groups excluding carboxylic acids is 3. The standard InChI is InChI=1S/C23H33N3O5/c1-23(2,3)31-22(29)25-16-20(27)24-15-18-10-12-26(13-11-18)21(28)9-8-17-6-5-7-19(14-17)30-4/h5-9,14,18H,10-13,15-16H2,1-4H3,(H,24,27)(H,25,29)/b9-8+. The van der Waals surface area contributed by atoms with Crippen molar-refractivity contribution >= 4 is 24.0 Å². The van der Waals surface area contributed by atoms with Crippen molar-refractivity contribution in [2.75, 3.05) is 33.3 Å². The molecule has 31 heavy (non-hydrogen) atoms. The predicted molar refractivity (Wildman–Crippen MR) is 119 cm³/mol. The summed E-state index contributed by atoms with van der Waals surface area (Å²) in [6.45, 7) is 6.99. The lowest BCUT2D eigenvalue weighted by molar-refractivity contribution is -0.127. The topological polar surface area (TPSA) is 97.0 Å². The van der Waals surface area contributed by atoms with Gasteiger partial charge in [0.1, 0.15) is 11.4 Å². The van der Waals surface area contributed by atoms with Crippen molar-refractivity contribution in [1.82, 2.24) is 15.5 Å². The number of rotatable bonds is 7. The molecular formula is C23H33N3O5. The zero-order valence-electron chi connectivity index (χ0n) is 18.8. The zero-order valence-corrected chi connectivity index (χ0v) is 18.8. The van der Waals surface area contributed by atoms with Gasteiger partial charge in [-0.3, -0.25) is 9.59 Å². The van der Waals surface area contributed by atoms with Crippen LogP contribution in [0.5, 0.6) is 5.75 Å². The maximum absolute atomic E-state index is 12.4. The van der Waals surface area contributed by atoms with E-state index < -0.39 is 11.7 Å². The molecule has 0 unspecified atom stereocenters. The van der Waals surface area contributed by atoms with Gasteiger partial charge in [0.05, 0.1) is 13.7 Å². The Kier molecular flexibility index (Phi) is 8.90. The summed E-state index contributed by atoms with van der Waals surface area (Å²) in [6, 6.07) is 7.53. The fourth-order valence-electron chi connectivity index (χ4n) is 3.16. The third-order valence-electron chi connectivity index (χ3n) is 4.82. The van der Waals surface area contributed by atoms with Gasteiger partial charge in [0.15, 0.2) is 0 Å². The number of nitrogens with zero attached hydrogens (tertiary/aromatic N) is 1. The van der Waals surface area contributed by atoms with E-state index in [9.17, 15) is 14.4 Å². The summed E-state index contributed by atoms with van der Waals surface area (Å²) < 4.78 is 10.3. The molecule has 3 amide bonds. The molecule has 0 bridgehead atoms. The van der Waals surface area contributed by atoms with Crippen LogP contribution < -0.4 is 15.4 Å². The second-order valence-corrected chi connectivity index (χ2v) is 8.54. The van der Waals surface area contributed by atoms with Crippen LogP contribution in [0.4, 0.5) is 4.79 Å².